The van der Waals surface area contributed by atoms with Gasteiger partial charge in [0.2, 0.25) is 10.0 Å². The Morgan fingerprint density at radius 2 is 1.80 bits per heavy atom. The molecule has 0 radical (unpaired) electrons. The molecule has 0 saturated heterocycles. The molecule has 0 spiro atoms. The highest BCUT2D eigenvalue weighted by molar-refractivity contribution is 7.89. The molecule has 0 aliphatic carbocycles. The second-order valence-corrected chi connectivity index (χ2v) is 5.67. The van der Waals surface area contributed by atoms with Gasteiger partial charge in [0.1, 0.15) is 0 Å². The molecule has 6 heteroatoms. The predicted molar refractivity (Wildman–Crippen MR) is 58.2 cm³/mol. The lowest BCUT2D eigenvalue weighted by molar-refractivity contribution is -0.136. The molecule has 0 aliphatic rings. The van der Waals surface area contributed by atoms with Crippen LogP contribution in [0, 0.1) is 0 Å². The van der Waals surface area contributed by atoms with E-state index < -0.39 is 21.5 Å². The molecular weight excluding hydrogens is 218 g/mol. The fraction of sp³-hybridized carbons (Fsp3) is 0.889. The van der Waals surface area contributed by atoms with Gasteiger partial charge in [-0.05, 0) is 19.8 Å². The van der Waals surface area contributed by atoms with Crippen LogP contribution in [0.25, 0.3) is 0 Å². The number of carbonyl (C=O) groups is 1. The van der Waals surface area contributed by atoms with Crippen molar-refractivity contribution in [3.8, 4) is 0 Å². The van der Waals surface area contributed by atoms with Crippen LogP contribution in [0.2, 0.25) is 0 Å². The first kappa shape index (κ1) is 14.4. The Morgan fingerprint density at radius 3 is 2.13 bits per heavy atom. The maximum absolute atomic E-state index is 11.5. The Morgan fingerprint density at radius 1 is 1.33 bits per heavy atom. The molecule has 0 heterocycles. The molecule has 0 bridgehead atoms. The van der Waals surface area contributed by atoms with Gasteiger partial charge in [-0.2, -0.15) is 0 Å². The summed E-state index contributed by atoms with van der Waals surface area (Å²) in [5.74, 6) is -1.46. The second-order valence-electron chi connectivity index (χ2n) is 3.83. The molecule has 0 fully saturated rings. The molecule has 0 saturated carbocycles. The van der Waals surface area contributed by atoms with E-state index in [-0.39, 0.29) is 12.2 Å². The van der Waals surface area contributed by atoms with E-state index in [0.29, 0.717) is 12.8 Å². The van der Waals surface area contributed by atoms with Crippen molar-refractivity contribution in [1.29, 1.82) is 0 Å². The van der Waals surface area contributed by atoms with Crippen molar-refractivity contribution in [2.24, 2.45) is 0 Å². The third-order valence-electron chi connectivity index (χ3n) is 2.55. The van der Waals surface area contributed by atoms with Crippen molar-refractivity contribution in [2.75, 3.05) is 5.75 Å². The van der Waals surface area contributed by atoms with Gasteiger partial charge in [0, 0.05) is 5.54 Å². The topological polar surface area (TPSA) is 83.5 Å². The van der Waals surface area contributed by atoms with Crippen LogP contribution >= 0.6 is 0 Å². The lowest BCUT2D eigenvalue weighted by Gasteiger charge is -2.27. The molecule has 0 rings (SSSR count). The number of hydrogen-bond donors (Lipinski definition) is 2. The largest absolute Gasteiger partial charge is 0.481 e. The summed E-state index contributed by atoms with van der Waals surface area (Å²) in [5, 5.41) is 8.40. The zero-order valence-corrected chi connectivity index (χ0v) is 10.2. The van der Waals surface area contributed by atoms with Gasteiger partial charge in [-0.1, -0.05) is 13.8 Å². The third-order valence-corrected chi connectivity index (χ3v) is 4.09. The van der Waals surface area contributed by atoms with Gasteiger partial charge in [-0.15, -0.1) is 0 Å². The fourth-order valence-corrected chi connectivity index (χ4v) is 2.63. The summed E-state index contributed by atoms with van der Waals surface area (Å²) in [7, 11) is -3.49. The summed E-state index contributed by atoms with van der Waals surface area (Å²) in [6.07, 6.45) is 0.991. The van der Waals surface area contributed by atoms with Crippen molar-refractivity contribution < 1.29 is 18.3 Å². The summed E-state index contributed by atoms with van der Waals surface area (Å²) in [4.78, 5) is 10.3. The van der Waals surface area contributed by atoms with Crippen LogP contribution in [0.4, 0.5) is 0 Å². The maximum atomic E-state index is 11.5. The van der Waals surface area contributed by atoms with Crippen molar-refractivity contribution >= 4 is 16.0 Å². The molecule has 0 amide bonds. The van der Waals surface area contributed by atoms with Gasteiger partial charge < -0.3 is 5.11 Å². The minimum Gasteiger partial charge on any atom is -0.481 e. The minimum atomic E-state index is -3.49. The highest BCUT2D eigenvalue weighted by atomic mass is 32.2. The number of sulfonamides is 1. The van der Waals surface area contributed by atoms with E-state index in [1.165, 1.54) is 0 Å². The zero-order chi connectivity index (χ0) is 12.1. The summed E-state index contributed by atoms with van der Waals surface area (Å²) in [6, 6.07) is 0. The molecule has 0 atom stereocenters. The maximum Gasteiger partial charge on any atom is 0.304 e. The molecule has 5 nitrogen and oxygen atoms in total. The van der Waals surface area contributed by atoms with Gasteiger partial charge in [-0.25, -0.2) is 13.1 Å². The lowest BCUT2D eigenvalue weighted by Crippen LogP contribution is -2.46. The van der Waals surface area contributed by atoms with Gasteiger partial charge in [0.05, 0.1) is 12.2 Å². The van der Waals surface area contributed by atoms with Gasteiger partial charge in [-0.3, -0.25) is 4.79 Å². The zero-order valence-electron chi connectivity index (χ0n) is 9.41. The lowest BCUT2D eigenvalue weighted by atomic mass is 9.98. The van der Waals surface area contributed by atoms with E-state index in [2.05, 4.69) is 4.72 Å². The molecule has 0 aromatic heterocycles. The van der Waals surface area contributed by atoms with Crippen molar-refractivity contribution in [2.45, 2.75) is 45.6 Å². The molecular formula is C9H19NO4S. The molecule has 0 aromatic carbocycles. The molecule has 90 valence electrons. The first-order valence-corrected chi connectivity index (χ1v) is 6.63. The highest BCUT2D eigenvalue weighted by Gasteiger charge is 2.26. The summed E-state index contributed by atoms with van der Waals surface area (Å²) in [6.45, 7) is 5.59. The van der Waals surface area contributed by atoms with Crippen molar-refractivity contribution in [1.82, 2.24) is 4.72 Å². The Balaban J connectivity index is 4.43. The first-order valence-electron chi connectivity index (χ1n) is 4.98. The summed E-state index contributed by atoms with van der Waals surface area (Å²) in [5.41, 5.74) is -0.475. The van der Waals surface area contributed by atoms with E-state index in [1.807, 2.05) is 20.8 Å². The number of carboxylic acid groups (broad SMARTS) is 1. The van der Waals surface area contributed by atoms with Gasteiger partial charge >= 0.3 is 5.97 Å². The minimum absolute atomic E-state index is 0.362. The Kier molecular flexibility index (Phi) is 5.23. The highest BCUT2D eigenvalue weighted by Crippen LogP contribution is 2.15. The standard InChI is InChI=1S/C9H19NO4S/c1-4-9(3,5-2)10-15(13,14)7-6-8(11)12/h10H,4-7H2,1-3H3,(H,11,12). The van der Waals surface area contributed by atoms with E-state index >= 15 is 0 Å². The molecule has 2 N–H and O–H groups in total. The Hall–Kier alpha value is -0.620. The van der Waals surface area contributed by atoms with Crippen LogP contribution < -0.4 is 4.72 Å². The third kappa shape index (κ3) is 5.74. The van der Waals surface area contributed by atoms with Gasteiger partial charge in [0.25, 0.3) is 0 Å². The second kappa shape index (κ2) is 5.46. The first-order chi connectivity index (χ1) is 6.74. The fourth-order valence-electron chi connectivity index (χ4n) is 1.04. The monoisotopic (exact) mass is 237 g/mol. The van der Waals surface area contributed by atoms with Crippen LogP contribution in [0.5, 0.6) is 0 Å². The van der Waals surface area contributed by atoms with Crippen molar-refractivity contribution in [3.05, 3.63) is 0 Å². The smallest absolute Gasteiger partial charge is 0.304 e. The predicted octanol–water partition coefficient (Wildman–Crippen LogP) is 0.959. The number of rotatable bonds is 7. The van der Waals surface area contributed by atoms with Gasteiger partial charge in [0.15, 0.2) is 0 Å². The van der Waals surface area contributed by atoms with E-state index in [4.69, 9.17) is 5.11 Å². The number of carboxylic acids is 1. The van der Waals surface area contributed by atoms with E-state index in [9.17, 15) is 13.2 Å². The van der Waals surface area contributed by atoms with Crippen LogP contribution in [0.3, 0.4) is 0 Å². The Bertz CT molecular complexity index is 306. The van der Waals surface area contributed by atoms with E-state index in [0.717, 1.165) is 0 Å². The number of nitrogens with one attached hydrogen (secondary N) is 1. The summed E-state index contributed by atoms with van der Waals surface area (Å²) >= 11 is 0. The Labute approximate surface area is 90.9 Å². The molecule has 0 unspecified atom stereocenters. The van der Waals surface area contributed by atoms with Crippen molar-refractivity contribution in [3.63, 3.8) is 0 Å². The molecule has 0 aromatic rings. The number of hydrogen-bond acceptors (Lipinski definition) is 3. The summed E-state index contributed by atoms with van der Waals surface area (Å²) < 4.78 is 25.5. The SMILES string of the molecule is CCC(C)(CC)NS(=O)(=O)CCC(=O)O. The normalized spacial score (nSPS) is 12.7. The van der Waals surface area contributed by atoms with Crippen LogP contribution in [-0.4, -0.2) is 30.8 Å². The number of aliphatic carboxylic acids is 1. The van der Waals surface area contributed by atoms with Crippen LogP contribution in [0.1, 0.15) is 40.0 Å². The van der Waals surface area contributed by atoms with Crippen LogP contribution in [0.15, 0.2) is 0 Å². The van der Waals surface area contributed by atoms with E-state index in [1.54, 1.807) is 0 Å². The quantitative estimate of drug-likeness (QED) is 0.690. The molecule has 0 aliphatic heterocycles. The molecule has 15 heavy (non-hydrogen) atoms. The average molecular weight is 237 g/mol. The van der Waals surface area contributed by atoms with Crippen LogP contribution in [-0.2, 0) is 14.8 Å². The average Bonchev–Trinajstić information content (AvgIpc) is 2.14.